The summed E-state index contributed by atoms with van der Waals surface area (Å²) in [6.45, 7) is 5.53. The number of para-hydroxylation sites is 1. The van der Waals surface area contributed by atoms with E-state index in [0.29, 0.717) is 16.8 Å². The molecule has 2 N–H and O–H groups in total. The normalized spacial score (nSPS) is 11.3. The van der Waals surface area contributed by atoms with E-state index in [1.54, 1.807) is 26.0 Å². The first-order valence-electron chi connectivity index (χ1n) is 7.72. The van der Waals surface area contributed by atoms with Crippen LogP contribution in [0, 0.1) is 20.8 Å². The topological polar surface area (TPSA) is 75.3 Å². The van der Waals surface area contributed by atoms with Crippen molar-refractivity contribution >= 4 is 21.6 Å². The highest BCUT2D eigenvalue weighted by Gasteiger charge is 2.19. The molecule has 0 aliphatic carbocycles. The number of nitrogens with one attached hydrogen (secondary N) is 2. The smallest absolute Gasteiger partial charge is 0.241 e. The third-order valence-corrected chi connectivity index (χ3v) is 5.34. The highest BCUT2D eigenvalue weighted by Crippen LogP contribution is 2.21. The summed E-state index contributed by atoms with van der Waals surface area (Å²) in [5.74, 6) is -0.235. The van der Waals surface area contributed by atoms with Gasteiger partial charge in [-0.3, -0.25) is 4.79 Å². The summed E-state index contributed by atoms with van der Waals surface area (Å²) < 4.78 is 27.5. The van der Waals surface area contributed by atoms with Gasteiger partial charge in [-0.15, -0.1) is 0 Å². The molecule has 2 aromatic carbocycles. The molecular formula is C18H22N2O3S. The van der Waals surface area contributed by atoms with E-state index in [4.69, 9.17) is 0 Å². The Morgan fingerprint density at radius 2 is 1.58 bits per heavy atom. The van der Waals surface area contributed by atoms with Gasteiger partial charge >= 0.3 is 0 Å². The fourth-order valence-corrected chi connectivity index (χ4v) is 4.19. The van der Waals surface area contributed by atoms with Gasteiger partial charge in [-0.05, 0) is 44.0 Å². The first-order chi connectivity index (χ1) is 11.3. The van der Waals surface area contributed by atoms with Crippen LogP contribution in [0.5, 0.6) is 0 Å². The van der Waals surface area contributed by atoms with E-state index in [0.717, 1.165) is 5.56 Å². The Morgan fingerprint density at radius 3 is 2.17 bits per heavy atom. The molecule has 0 radical (unpaired) electrons. The quantitative estimate of drug-likeness (QED) is 0.844. The van der Waals surface area contributed by atoms with Gasteiger partial charge in [0.25, 0.3) is 0 Å². The van der Waals surface area contributed by atoms with E-state index < -0.39 is 10.0 Å². The van der Waals surface area contributed by atoms with Crippen LogP contribution in [-0.2, 0) is 14.8 Å². The fraction of sp³-hybridized carbons (Fsp3) is 0.278. The van der Waals surface area contributed by atoms with Crippen molar-refractivity contribution in [2.24, 2.45) is 0 Å². The van der Waals surface area contributed by atoms with Gasteiger partial charge in [0.05, 0.1) is 4.90 Å². The van der Waals surface area contributed by atoms with Crippen molar-refractivity contribution in [3.63, 3.8) is 0 Å². The van der Waals surface area contributed by atoms with Crippen LogP contribution in [0.1, 0.15) is 23.1 Å². The molecule has 5 nitrogen and oxygen atoms in total. The van der Waals surface area contributed by atoms with Gasteiger partial charge in [-0.1, -0.05) is 35.9 Å². The lowest BCUT2D eigenvalue weighted by molar-refractivity contribution is -0.116. The van der Waals surface area contributed by atoms with Crippen molar-refractivity contribution in [3.05, 3.63) is 59.2 Å². The average Bonchev–Trinajstić information content (AvgIpc) is 2.46. The summed E-state index contributed by atoms with van der Waals surface area (Å²) in [6.07, 6.45) is 0.0675. The molecule has 0 unspecified atom stereocenters. The van der Waals surface area contributed by atoms with Crippen molar-refractivity contribution in [1.29, 1.82) is 0 Å². The van der Waals surface area contributed by atoms with Crippen molar-refractivity contribution in [2.45, 2.75) is 32.1 Å². The SMILES string of the molecule is Cc1cc(C)c(S(=O)(=O)NCCC(=O)Nc2ccccc2)c(C)c1. The maximum atomic E-state index is 12.5. The molecule has 0 heterocycles. The molecule has 0 atom stereocenters. The number of carbonyl (C=O) groups is 1. The van der Waals surface area contributed by atoms with Crippen LogP contribution in [0.25, 0.3) is 0 Å². The second kappa shape index (κ2) is 7.59. The van der Waals surface area contributed by atoms with Gasteiger partial charge < -0.3 is 5.32 Å². The molecule has 0 spiro atoms. The van der Waals surface area contributed by atoms with Gasteiger partial charge in [-0.2, -0.15) is 0 Å². The average molecular weight is 346 g/mol. The molecule has 2 aromatic rings. The number of carbonyl (C=O) groups excluding carboxylic acids is 1. The Kier molecular flexibility index (Phi) is 5.75. The molecule has 0 aliphatic heterocycles. The lowest BCUT2D eigenvalue weighted by Crippen LogP contribution is -2.29. The zero-order valence-electron chi connectivity index (χ0n) is 14.1. The molecule has 128 valence electrons. The summed E-state index contributed by atoms with van der Waals surface area (Å²) in [7, 11) is -3.64. The molecule has 6 heteroatoms. The van der Waals surface area contributed by atoms with E-state index in [-0.39, 0.29) is 23.8 Å². The number of hydrogen-bond donors (Lipinski definition) is 2. The third kappa shape index (κ3) is 4.66. The Hall–Kier alpha value is -2.18. The van der Waals surface area contributed by atoms with Gasteiger partial charge in [0.2, 0.25) is 15.9 Å². The number of anilines is 1. The zero-order valence-corrected chi connectivity index (χ0v) is 14.9. The summed E-state index contributed by atoms with van der Waals surface area (Å²) in [6, 6.07) is 12.7. The molecule has 0 bridgehead atoms. The molecule has 24 heavy (non-hydrogen) atoms. The Morgan fingerprint density at radius 1 is 1.00 bits per heavy atom. The molecule has 0 saturated heterocycles. The zero-order chi connectivity index (χ0) is 17.7. The van der Waals surface area contributed by atoms with Crippen LogP contribution in [0.3, 0.4) is 0 Å². The van der Waals surface area contributed by atoms with E-state index in [2.05, 4.69) is 10.0 Å². The maximum absolute atomic E-state index is 12.5. The minimum Gasteiger partial charge on any atom is -0.326 e. The number of sulfonamides is 1. The predicted octanol–water partition coefficient (Wildman–Crippen LogP) is 2.92. The van der Waals surface area contributed by atoms with Gasteiger partial charge in [-0.25, -0.2) is 13.1 Å². The minimum absolute atomic E-state index is 0.0494. The predicted molar refractivity (Wildman–Crippen MR) is 95.5 cm³/mol. The van der Waals surface area contributed by atoms with Crippen molar-refractivity contribution < 1.29 is 13.2 Å². The number of aryl methyl sites for hydroxylation is 3. The Labute approximate surface area is 143 Å². The molecular weight excluding hydrogens is 324 g/mol. The van der Waals surface area contributed by atoms with E-state index in [9.17, 15) is 13.2 Å². The standard InChI is InChI=1S/C18H22N2O3S/c1-13-11-14(2)18(15(3)12-13)24(22,23)19-10-9-17(21)20-16-7-5-4-6-8-16/h4-8,11-12,19H,9-10H2,1-3H3,(H,20,21). The Bertz CT molecular complexity index is 808. The van der Waals surface area contributed by atoms with E-state index >= 15 is 0 Å². The maximum Gasteiger partial charge on any atom is 0.241 e. The van der Waals surface area contributed by atoms with E-state index in [1.165, 1.54) is 0 Å². The summed E-state index contributed by atoms with van der Waals surface area (Å²) >= 11 is 0. The molecule has 0 aromatic heterocycles. The molecule has 1 amide bonds. The number of amides is 1. The van der Waals surface area contributed by atoms with Crippen LogP contribution in [-0.4, -0.2) is 20.9 Å². The lowest BCUT2D eigenvalue weighted by atomic mass is 10.1. The lowest BCUT2D eigenvalue weighted by Gasteiger charge is -2.13. The van der Waals surface area contributed by atoms with Gasteiger partial charge in [0, 0.05) is 18.7 Å². The van der Waals surface area contributed by atoms with Crippen molar-refractivity contribution in [3.8, 4) is 0 Å². The summed E-state index contributed by atoms with van der Waals surface area (Å²) in [5, 5.41) is 2.72. The number of benzene rings is 2. The number of rotatable bonds is 6. The third-order valence-electron chi connectivity index (χ3n) is 3.58. The molecule has 0 fully saturated rings. The van der Waals surface area contributed by atoms with Crippen LogP contribution >= 0.6 is 0 Å². The highest BCUT2D eigenvalue weighted by molar-refractivity contribution is 7.89. The van der Waals surface area contributed by atoms with Crippen molar-refractivity contribution in [2.75, 3.05) is 11.9 Å². The number of hydrogen-bond acceptors (Lipinski definition) is 3. The Balaban J connectivity index is 1.97. The first-order valence-corrected chi connectivity index (χ1v) is 9.20. The second-order valence-corrected chi connectivity index (χ2v) is 7.49. The van der Waals surface area contributed by atoms with E-state index in [1.807, 2.05) is 37.3 Å². The van der Waals surface area contributed by atoms with Gasteiger partial charge in [0.15, 0.2) is 0 Å². The van der Waals surface area contributed by atoms with Crippen LogP contribution < -0.4 is 10.0 Å². The van der Waals surface area contributed by atoms with Gasteiger partial charge in [0.1, 0.15) is 0 Å². The van der Waals surface area contributed by atoms with Crippen LogP contribution in [0.2, 0.25) is 0 Å². The monoisotopic (exact) mass is 346 g/mol. The summed E-state index contributed by atoms with van der Waals surface area (Å²) in [5.41, 5.74) is 3.12. The molecule has 0 saturated carbocycles. The largest absolute Gasteiger partial charge is 0.326 e. The molecule has 2 rings (SSSR count). The second-order valence-electron chi connectivity index (χ2n) is 5.79. The minimum atomic E-state index is -3.64. The summed E-state index contributed by atoms with van der Waals surface area (Å²) in [4.78, 5) is 12.2. The molecule has 0 aliphatic rings. The van der Waals surface area contributed by atoms with Crippen LogP contribution in [0.4, 0.5) is 5.69 Å². The highest BCUT2D eigenvalue weighted by atomic mass is 32.2. The van der Waals surface area contributed by atoms with Crippen molar-refractivity contribution in [1.82, 2.24) is 4.72 Å². The van der Waals surface area contributed by atoms with Crippen LogP contribution in [0.15, 0.2) is 47.4 Å². The fourth-order valence-electron chi connectivity index (χ4n) is 2.71. The first kappa shape index (κ1) is 18.2.